The van der Waals surface area contributed by atoms with Crippen LogP contribution in [0.5, 0.6) is 0 Å². The van der Waals surface area contributed by atoms with E-state index < -0.39 is 0 Å². The predicted octanol–water partition coefficient (Wildman–Crippen LogP) is 3.41. The second kappa shape index (κ2) is 7.04. The maximum Gasteiger partial charge on any atom is 0.229 e. The van der Waals surface area contributed by atoms with E-state index in [0.717, 1.165) is 43.3 Å². The number of hydrogen-bond donors (Lipinski definition) is 2. The van der Waals surface area contributed by atoms with Gasteiger partial charge in [-0.25, -0.2) is 4.98 Å². The van der Waals surface area contributed by atoms with Gasteiger partial charge in [0.15, 0.2) is 0 Å². The molecule has 1 spiro atoms. The third-order valence-corrected chi connectivity index (χ3v) is 4.96. The number of pyridine rings is 1. The molecule has 1 saturated heterocycles. The molecule has 2 aromatic rings. The molecular weight excluding hydrogens is 333 g/mol. The fraction of sp³-hybridized carbons (Fsp3) is 0.412. The molecule has 1 atom stereocenters. The van der Waals surface area contributed by atoms with E-state index in [4.69, 9.17) is 0 Å². The number of halogens is 2. The van der Waals surface area contributed by atoms with Gasteiger partial charge < -0.3 is 10.6 Å². The van der Waals surface area contributed by atoms with Gasteiger partial charge in [0.05, 0.1) is 5.52 Å². The standard InChI is InChI=1S/C17H19N3O.2ClH/c21-16(13-11-17(13)7-9-18-10-8-17)20-15-6-5-12-3-1-2-4-14(12)19-15;;/h1-6,13,18H,7-11H2,(H,19,20,21);2*1H. The third-order valence-electron chi connectivity index (χ3n) is 4.96. The first-order valence-corrected chi connectivity index (χ1v) is 7.64. The first kappa shape index (κ1) is 18.0. The summed E-state index contributed by atoms with van der Waals surface area (Å²) in [5.74, 6) is 0.974. The van der Waals surface area contributed by atoms with Crippen LogP contribution < -0.4 is 10.6 Å². The molecule has 2 fully saturated rings. The molecule has 2 aliphatic rings. The highest BCUT2D eigenvalue weighted by Gasteiger charge is 2.57. The van der Waals surface area contributed by atoms with Crippen molar-refractivity contribution in [2.75, 3.05) is 18.4 Å². The zero-order valence-electron chi connectivity index (χ0n) is 12.7. The number of nitrogens with one attached hydrogen (secondary N) is 2. The van der Waals surface area contributed by atoms with E-state index in [1.807, 2.05) is 36.4 Å². The minimum absolute atomic E-state index is 0. The maximum atomic E-state index is 12.4. The number of rotatable bonds is 2. The number of anilines is 1. The van der Waals surface area contributed by atoms with Gasteiger partial charge >= 0.3 is 0 Å². The summed E-state index contributed by atoms with van der Waals surface area (Å²) in [4.78, 5) is 16.9. The van der Waals surface area contributed by atoms with Crippen LogP contribution in [-0.4, -0.2) is 24.0 Å². The summed E-state index contributed by atoms with van der Waals surface area (Å²) in [6.45, 7) is 2.08. The number of benzene rings is 1. The summed E-state index contributed by atoms with van der Waals surface area (Å²) in [5.41, 5.74) is 1.19. The van der Waals surface area contributed by atoms with E-state index in [1.54, 1.807) is 0 Å². The fourth-order valence-electron chi connectivity index (χ4n) is 3.54. The smallest absolute Gasteiger partial charge is 0.229 e. The van der Waals surface area contributed by atoms with Crippen molar-refractivity contribution < 1.29 is 4.79 Å². The number of amides is 1. The van der Waals surface area contributed by atoms with Gasteiger partial charge in [0.1, 0.15) is 5.82 Å². The van der Waals surface area contributed by atoms with E-state index >= 15 is 0 Å². The molecule has 1 saturated carbocycles. The van der Waals surface area contributed by atoms with Crippen molar-refractivity contribution in [3.63, 3.8) is 0 Å². The van der Waals surface area contributed by atoms with Crippen LogP contribution in [0, 0.1) is 11.3 Å². The SMILES string of the molecule is Cl.Cl.O=C(Nc1ccc2ccccc2n1)C1CC12CCNCC2. The monoisotopic (exact) mass is 353 g/mol. The van der Waals surface area contributed by atoms with Crippen LogP contribution in [0.25, 0.3) is 10.9 Å². The normalized spacial score (nSPS) is 21.1. The summed E-state index contributed by atoms with van der Waals surface area (Å²) in [6, 6.07) is 11.8. The van der Waals surface area contributed by atoms with Gasteiger partial charge in [-0.1, -0.05) is 18.2 Å². The van der Waals surface area contributed by atoms with E-state index in [9.17, 15) is 4.79 Å². The van der Waals surface area contributed by atoms with Gasteiger partial charge in [0.25, 0.3) is 0 Å². The minimum atomic E-state index is 0. The first-order valence-electron chi connectivity index (χ1n) is 7.64. The molecule has 6 heteroatoms. The first-order chi connectivity index (χ1) is 10.3. The molecule has 23 heavy (non-hydrogen) atoms. The van der Waals surface area contributed by atoms with Gasteiger partial charge in [-0.15, -0.1) is 24.8 Å². The molecule has 2 heterocycles. The molecule has 1 amide bonds. The number of fused-ring (bicyclic) bond motifs is 1. The lowest BCUT2D eigenvalue weighted by molar-refractivity contribution is -0.118. The quantitative estimate of drug-likeness (QED) is 0.869. The molecule has 1 aliphatic heterocycles. The van der Waals surface area contributed by atoms with Crippen LogP contribution in [-0.2, 0) is 4.79 Å². The second-order valence-electron chi connectivity index (χ2n) is 6.25. The summed E-state index contributed by atoms with van der Waals surface area (Å²) >= 11 is 0. The van der Waals surface area contributed by atoms with E-state index in [1.165, 1.54) is 0 Å². The number of aromatic nitrogens is 1. The van der Waals surface area contributed by atoms with E-state index in [2.05, 4.69) is 15.6 Å². The van der Waals surface area contributed by atoms with Crippen molar-refractivity contribution in [1.82, 2.24) is 10.3 Å². The molecule has 2 N–H and O–H groups in total. The molecule has 0 radical (unpaired) electrons. The minimum Gasteiger partial charge on any atom is -0.317 e. The summed E-state index contributed by atoms with van der Waals surface area (Å²) in [5, 5.41) is 7.46. The Balaban J connectivity index is 0.000000960. The number of nitrogens with zero attached hydrogens (tertiary/aromatic N) is 1. The average Bonchev–Trinajstić information content (AvgIpc) is 3.21. The van der Waals surface area contributed by atoms with Crippen molar-refractivity contribution in [3.05, 3.63) is 36.4 Å². The molecule has 1 unspecified atom stereocenters. The van der Waals surface area contributed by atoms with Crippen molar-refractivity contribution in [3.8, 4) is 0 Å². The Morgan fingerprint density at radius 2 is 1.87 bits per heavy atom. The lowest BCUT2D eigenvalue weighted by atomic mass is 9.92. The fourth-order valence-corrected chi connectivity index (χ4v) is 3.54. The summed E-state index contributed by atoms with van der Waals surface area (Å²) in [7, 11) is 0. The number of hydrogen-bond acceptors (Lipinski definition) is 3. The molecule has 1 aromatic heterocycles. The Hall–Kier alpha value is -1.36. The largest absolute Gasteiger partial charge is 0.317 e. The summed E-state index contributed by atoms with van der Waals surface area (Å²) < 4.78 is 0. The molecule has 0 bridgehead atoms. The highest BCUT2D eigenvalue weighted by atomic mass is 35.5. The molecule has 1 aliphatic carbocycles. The topological polar surface area (TPSA) is 54.0 Å². The number of para-hydroxylation sites is 1. The van der Waals surface area contributed by atoms with E-state index in [-0.39, 0.29) is 42.1 Å². The Bertz CT molecular complexity index is 701. The van der Waals surface area contributed by atoms with Gasteiger partial charge in [0, 0.05) is 11.3 Å². The molecular formula is C17H21Cl2N3O. The van der Waals surface area contributed by atoms with Crippen LogP contribution in [0.3, 0.4) is 0 Å². The van der Waals surface area contributed by atoms with Crippen LogP contribution in [0.1, 0.15) is 19.3 Å². The number of carbonyl (C=O) groups is 1. The van der Waals surface area contributed by atoms with Gasteiger partial charge in [0.2, 0.25) is 5.91 Å². The Labute approximate surface area is 148 Å². The van der Waals surface area contributed by atoms with Gasteiger partial charge in [-0.2, -0.15) is 0 Å². The molecule has 4 rings (SSSR count). The zero-order valence-corrected chi connectivity index (χ0v) is 14.4. The van der Waals surface area contributed by atoms with Crippen molar-refractivity contribution >= 4 is 47.4 Å². The van der Waals surface area contributed by atoms with Gasteiger partial charge in [-0.05, 0) is 56.0 Å². The number of piperidine rings is 1. The average molecular weight is 354 g/mol. The van der Waals surface area contributed by atoms with Gasteiger partial charge in [-0.3, -0.25) is 4.79 Å². The van der Waals surface area contributed by atoms with Crippen LogP contribution in [0.2, 0.25) is 0 Å². The highest BCUT2D eigenvalue weighted by Crippen LogP contribution is 2.58. The predicted molar refractivity (Wildman–Crippen MR) is 97.5 cm³/mol. The Morgan fingerprint density at radius 3 is 2.65 bits per heavy atom. The second-order valence-corrected chi connectivity index (χ2v) is 6.25. The summed E-state index contributed by atoms with van der Waals surface area (Å²) in [6.07, 6.45) is 3.28. The Kier molecular flexibility index (Phi) is 5.50. The highest BCUT2D eigenvalue weighted by molar-refractivity contribution is 5.95. The third kappa shape index (κ3) is 3.44. The lowest BCUT2D eigenvalue weighted by Gasteiger charge is -2.23. The van der Waals surface area contributed by atoms with Crippen LogP contribution in [0.4, 0.5) is 5.82 Å². The maximum absolute atomic E-state index is 12.4. The Morgan fingerprint density at radius 1 is 1.13 bits per heavy atom. The zero-order chi connectivity index (χ0) is 14.3. The van der Waals surface area contributed by atoms with Crippen molar-refractivity contribution in [1.29, 1.82) is 0 Å². The van der Waals surface area contributed by atoms with Crippen molar-refractivity contribution in [2.45, 2.75) is 19.3 Å². The molecule has 4 nitrogen and oxygen atoms in total. The molecule has 1 aromatic carbocycles. The number of carbonyl (C=O) groups excluding carboxylic acids is 1. The van der Waals surface area contributed by atoms with Crippen molar-refractivity contribution in [2.24, 2.45) is 11.3 Å². The van der Waals surface area contributed by atoms with Crippen LogP contribution >= 0.6 is 24.8 Å². The van der Waals surface area contributed by atoms with E-state index in [0.29, 0.717) is 5.82 Å². The van der Waals surface area contributed by atoms with Crippen LogP contribution in [0.15, 0.2) is 36.4 Å². The lowest BCUT2D eigenvalue weighted by Crippen LogP contribution is -2.31. The molecule has 124 valence electrons.